The number of imidazole rings is 1. The molecule has 0 bridgehead atoms. The number of nitrogens with one attached hydrogen (secondary N) is 1. The van der Waals surface area contributed by atoms with Crippen LogP contribution in [0.15, 0.2) is 60.4 Å². The highest BCUT2D eigenvalue weighted by molar-refractivity contribution is 6.51. The van der Waals surface area contributed by atoms with Crippen LogP contribution in [-0.2, 0) is 9.59 Å². The minimum atomic E-state index is -1.01. The van der Waals surface area contributed by atoms with E-state index >= 15 is 0 Å². The summed E-state index contributed by atoms with van der Waals surface area (Å²) in [5.41, 5.74) is 1.67. The van der Waals surface area contributed by atoms with E-state index in [2.05, 4.69) is 15.0 Å². The molecule has 0 radical (unpaired) electrons. The van der Waals surface area contributed by atoms with Gasteiger partial charge in [0.05, 0.1) is 49.0 Å². The predicted molar refractivity (Wildman–Crippen MR) is 136 cm³/mol. The maximum Gasteiger partial charge on any atom is 0.302 e. The number of carbonyl (C=O) groups is 2. The molecule has 3 heterocycles. The number of hydrogen-bond acceptors (Lipinski definition) is 8. The smallest absolute Gasteiger partial charge is 0.302 e. The van der Waals surface area contributed by atoms with Gasteiger partial charge in [-0.25, -0.2) is 4.98 Å². The quantitative estimate of drug-likeness (QED) is 0.219. The second-order valence-electron chi connectivity index (χ2n) is 8.09. The van der Waals surface area contributed by atoms with Crippen LogP contribution >= 0.6 is 11.6 Å². The van der Waals surface area contributed by atoms with Gasteiger partial charge in [0.1, 0.15) is 11.5 Å². The van der Waals surface area contributed by atoms with Gasteiger partial charge in [0.2, 0.25) is 5.95 Å². The standard InChI is InChI=1S/C26H21ClN4O6/c1-35-18-9-13(6-7-15(18)27)23(32)21-22(14-5-4-8-28-12-14)31(25(34)24(21)33)26-29-16-10-19(36-2)20(37-3)11-17(16)30-26/h4-12,22,32H,1-3H3,(H,29,30)/b23-21+. The first-order chi connectivity index (χ1) is 17.9. The van der Waals surface area contributed by atoms with Crippen LogP contribution in [0.25, 0.3) is 16.8 Å². The third-order valence-electron chi connectivity index (χ3n) is 6.07. The number of carbonyl (C=O) groups excluding carboxylic acids is 2. The molecule has 5 rings (SSSR count). The van der Waals surface area contributed by atoms with Crippen molar-refractivity contribution in [3.05, 3.63) is 76.6 Å². The third-order valence-corrected chi connectivity index (χ3v) is 6.38. The second kappa shape index (κ2) is 9.47. The number of benzene rings is 2. The van der Waals surface area contributed by atoms with Gasteiger partial charge in [-0.2, -0.15) is 0 Å². The number of methoxy groups -OCH3 is 3. The summed E-state index contributed by atoms with van der Waals surface area (Å²) in [5, 5.41) is 11.6. The van der Waals surface area contributed by atoms with E-state index in [0.717, 1.165) is 0 Å². The summed E-state index contributed by atoms with van der Waals surface area (Å²) in [5.74, 6) is -0.801. The zero-order valence-corrected chi connectivity index (χ0v) is 20.7. The summed E-state index contributed by atoms with van der Waals surface area (Å²) in [6.07, 6.45) is 3.09. The Hall–Kier alpha value is -4.57. The van der Waals surface area contributed by atoms with Crippen molar-refractivity contribution in [1.29, 1.82) is 0 Å². The Kier molecular flexibility index (Phi) is 6.18. The average molecular weight is 521 g/mol. The number of amides is 1. The molecule has 0 spiro atoms. The summed E-state index contributed by atoms with van der Waals surface area (Å²) in [7, 11) is 4.45. The van der Waals surface area contributed by atoms with Crippen molar-refractivity contribution in [2.75, 3.05) is 26.2 Å². The lowest BCUT2D eigenvalue weighted by molar-refractivity contribution is -0.132. The van der Waals surface area contributed by atoms with E-state index in [4.69, 9.17) is 25.8 Å². The molecule has 188 valence electrons. The van der Waals surface area contributed by atoms with Gasteiger partial charge in [-0.05, 0) is 29.8 Å². The van der Waals surface area contributed by atoms with Gasteiger partial charge in [0, 0.05) is 30.1 Å². The first-order valence-electron chi connectivity index (χ1n) is 11.0. The van der Waals surface area contributed by atoms with Crippen LogP contribution in [0.4, 0.5) is 5.95 Å². The van der Waals surface area contributed by atoms with Gasteiger partial charge in [-0.3, -0.25) is 19.5 Å². The highest BCUT2D eigenvalue weighted by Gasteiger charge is 2.48. The molecule has 11 heteroatoms. The number of aromatic nitrogens is 3. The molecule has 1 aliphatic heterocycles. The molecule has 2 aromatic carbocycles. The Morgan fingerprint density at radius 2 is 1.76 bits per heavy atom. The van der Waals surface area contributed by atoms with E-state index < -0.39 is 17.7 Å². The lowest BCUT2D eigenvalue weighted by Crippen LogP contribution is -2.30. The Balaban J connectivity index is 1.71. The van der Waals surface area contributed by atoms with Crippen molar-refractivity contribution in [3.63, 3.8) is 0 Å². The van der Waals surface area contributed by atoms with Crippen LogP contribution in [0, 0.1) is 0 Å². The minimum Gasteiger partial charge on any atom is -0.507 e. The molecule has 1 aliphatic rings. The molecule has 1 atom stereocenters. The van der Waals surface area contributed by atoms with Gasteiger partial charge in [0.25, 0.3) is 5.78 Å². The van der Waals surface area contributed by atoms with Crippen LogP contribution in [-0.4, -0.2) is 53.1 Å². The molecular weight excluding hydrogens is 500 g/mol. The number of fused-ring (bicyclic) bond motifs is 1. The van der Waals surface area contributed by atoms with Crippen molar-refractivity contribution < 1.29 is 28.9 Å². The molecule has 2 N–H and O–H groups in total. The van der Waals surface area contributed by atoms with Crippen molar-refractivity contribution in [2.45, 2.75) is 6.04 Å². The van der Waals surface area contributed by atoms with Crippen LogP contribution in [0.2, 0.25) is 5.02 Å². The van der Waals surface area contributed by atoms with Crippen molar-refractivity contribution >= 4 is 46.0 Å². The molecule has 37 heavy (non-hydrogen) atoms. The zero-order chi connectivity index (χ0) is 26.3. The fourth-order valence-electron chi connectivity index (χ4n) is 4.30. The molecule has 2 aromatic heterocycles. The number of halogens is 1. The van der Waals surface area contributed by atoms with E-state index in [9.17, 15) is 14.7 Å². The van der Waals surface area contributed by atoms with E-state index in [1.54, 1.807) is 30.5 Å². The number of aliphatic hydroxyl groups is 1. The van der Waals surface area contributed by atoms with Gasteiger partial charge < -0.3 is 24.3 Å². The normalized spacial score (nSPS) is 16.9. The first-order valence-corrected chi connectivity index (χ1v) is 11.4. The van der Waals surface area contributed by atoms with Crippen molar-refractivity contribution in [3.8, 4) is 17.2 Å². The fraction of sp³-hybridized carbons (Fsp3) is 0.154. The fourth-order valence-corrected chi connectivity index (χ4v) is 4.50. The Labute approximate surface area is 216 Å². The molecule has 4 aromatic rings. The van der Waals surface area contributed by atoms with E-state index in [0.29, 0.717) is 38.9 Å². The number of H-pyrrole nitrogens is 1. The largest absolute Gasteiger partial charge is 0.507 e. The lowest BCUT2D eigenvalue weighted by Gasteiger charge is -2.22. The zero-order valence-electron chi connectivity index (χ0n) is 20.0. The number of Topliss-reactive ketones (excluding diaryl/α,β-unsaturated/α-hetero) is 1. The lowest BCUT2D eigenvalue weighted by atomic mass is 9.96. The number of ether oxygens (including phenoxy) is 3. The number of aliphatic hydroxyl groups excluding tert-OH is 1. The van der Waals surface area contributed by atoms with Crippen LogP contribution in [0.5, 0.6) is 17.2 Å². The van der Waals surface area contributed by atoms with Gasteiger partial charge in [-0.1, -0.05) is 17.7 Å². The number of ketones is 1. The molecule has 1 fully saturated rings. The Morgan fingerprint density at radius 3 is 2.43 bits per heavy atom. The number of pyridine rings is 1. The van der Waals surface area contributed by atoms with Crippen LogP contribution < -0.4 is 19.1 Å². The number of nitrogens with zero attached hydrogens (tertiary/aromatic N) is 3. The molecule has 1 unspecified atom stereocenters. The maximum atomic E-state index is 13.4. The molecule has 0 saturated carbocycles. The third kappa shape index (κ3) is 4.01. The monoisotopic (exact) mass is 520 g/mol. The predicted octanol–water partition coefficient (Wildman–Crippen LogP) is 4.26. The summed E-state index contributed by atoms with van der Waals surface area (Å²) in [6, 6.07) is 10.3. The first kappa shape index (κ1) is 24.1. The highest BCUT2D eigenvalue weighted by Crippen LogP contribution is 2.43. The molecule has 1 saturated heterocycles. The van der Waals surface area contributed by atoms with E-state index in [-0.39, 0.29) is 22.8 Å². The van der Waals surface area contributed by atoms with Crippen LogP contribution in [0.3, 0.4) is 0 Å². The van der Waals surface area contributed by atoms with Gasteiger partial charge in [0.15, 0.2) is 11.5 Å². The Morgan fingerprint density at radius 1 is 1.03 bits per heavy atom. The van der Waals surface area contributed by atoms with E-state index in [1.807, 2.05) is 0 Å². The number of rotatable bonds is 6. The van der Waals surface area contributed by atoms with Crippen molar-refractivity contribution in [1.82, 2.24) is 15.0 Å². The summed E-state index contributed by atoms with van der Waals surface area (Å²) >= 11 is 6.13. The summed E-state index contributed by atoms with van der Waals surface area (Å²) < 4.78 is 16.0. The average Bonchev–Trinajstić information content (AvgIpc) is 3.45. The molecule has 10 nitrogen and oxygen atoms in total. The highest BCUT2D eigenvalue weighted by atomic mass is 35.5. The van der Waals surface area contributed by atoms with Crippen LogP contribution in [0.1, 0.15) is 17.2 Å². The number of hydrogen-bond donors (Lipinski definition) is 2. The topological polar surface area (TPSA) is 127 Å². The maximum absolute atomic E-state index is 13.4. The molecule has 1 amide bonds. The number of anilines is 1. The van der Waals surface area contributed by atoms with Gasteiger partial charge >= 0.3 is 5.91 Å². The minimum absolute atomic E-state index is 0.106. The summed E-state index contributed by atoms with van der Waals surface area (Å²) in [4.78, 5) is 39.7. The summed E-state index contributed by atoms with van der Waals surface area (Å²) in [6.45, 7) is 0. The number of aromatic amines is 1. The SMILES string of the molecule is COc1cc(/C(O)=C2\C(=O)C(=O)N(c3nc4cc(OC)c(OC)cc4[nH]3)C2c2cccnc2)ccc1Cl. The molecular formula is C26H21ClN4O6. The van der Waals surface area contributed by atoms with Gasteiger partial charge in [-0.15, -0.1) is 0 Å². The van der Waals surface area contributed by atoms with Crippen molar-refractivity contribution in [2.24, 2.45) is 0 Å². The Bertz CT molecular complexity index is 1530. The second-order valence-corrected chi connectivity index (χ2v) is 8.50. The molecule has 0 aliphatic carbocycles. The van der Waals surface area contributed by atoms with E-state index in [1.165, 1.54) is 50.6 Å².